The van der Waals surface area contributed by atoms with Gasteiger partial charge in [0.2, 0.25) is 0 Å². The highest BCUT2D eigenvalue weighted by atomic mass is 16.6. The largest absolute Gasteiger partial charge is 0.460 e. The molecule has 21 heavy (non-hydrogen) atoms. The molecule has 0 aliphatic rings. The van der Waals surface area contributed by atoms with Gasteiger partial charge in [-0.3, -0.25) is 0 Å². The van der Waals surface area contributed by atoms with E-state index in [4.69, 9.17) is 24.4 Å². The maximum absolute atomic E-state index is 11.1. The molecular formula is C13H24O8. The quantitative estimate of drug-likeness (QED) is 0.246. The summed E-state index contributed by atoms with van der Waals surface area (Å²) in [6, 6.07) is 0. The fourth-order valence-electron chi connectivity index (χ4n) is 1.12. The third-order valence-electron chi connectivity index (χ3n) is 2.21. The molecule has 0 saturated heterocycles. The Balaban J connectivity index is 3.59. The minimum atomic E-state index is -1.00. The highest BCUT2D eigenvalue weighted by molar-refractivity contribution is 5.86. The first-order chi connectivity index (χ1) is 9.86. The van der Waals surface area contributed by atoms with Crippen LogP contribution in [0.15, 0.2) is 12.2 Å². The molecule has 3 atom stereocenters. The van der Waals surface area contributed by atoms with Crippen molar-refractivity contribution in [2.45, 2.75) is 25.2 Å². The molecule has 0 saturated carbocycles. The third-order valence-corrected chi connectivity index (χ3v) is 2.21. The predicted molar refractivity (Wildman–Crippen MR) is 72.5 cm³/mol. The Morgan fingerprint density at radius 3 is 1.81 bits per heavy atom. The Labute approximate surface area is 123 Å². The summed E-state index contributed by atoms with van der Waals surface area (Å²) in [5.74, 6) is -0.593. The van der Waals surface area contributed by atoms with Gasteiger partial charge in [-0.25, -0.2) is 4.79 Å². The maximum atomic E-state index is 11.1. The molecule has 0 aromatic carbocycles. The van der Waals surface area contributed by atoms with Crippen LogP contribution in [0.1, 0.15) is 6.92 Å². The monoisotopic (exact) mass is 308 g/mol. The van der Waals surface area contributed by atoms with Gasteiger partial charge in [-0.15, -0.1) is 0 Å². The lowest BCUT2D eigenvalue weighted by Gasteiger charge is -2.15. The summed E-state index contributed by atoms with van der Waals surface area (Å²) < 4.78 is 14.7. The van der Waals surface area contributed by atoms with Crippen molar-refractivity contribution in [3.05, 3.63) is 12.2 Å². The summed E-state index contributed by atoms with van der Waals surface area (Å²) in [6.07, 6.45) is -2.92. The average molecular weight is 308 g/mol. The average Bonchev–Trinajstić information content (AvgIpc) is 2.44. The van der Waals surface area contributed by atoms with E-state index in [1.807, 2.05) is 0 Å². The van der Waals surface area contributed by atoms with Crippen molar-refractivity contribution in [1.82, 2.24) is 0 Å². The molecule has 0 fully saturated rings. The first-order valence-corrected chi connectivity index (χ1v) is 6.50. The fraction of sp³-hybridized carbons (Fsp3) is 0.769. The highest BCUT2D eigenvalue weighted by Crippen LogP contribution is 1.96. The van der Waals surface area contributed by atoms with Gasteiger partial charge in [0.25, 0.3) is 0 Å². The van der Waals surface area contributed by atoms with Crippen LogP contribution in [-0.2, 0) is 19.0 Å². The minimum Gasteiger partial charge on any atom is -0.460 e. The van der Waals surface area contributed by atoms with Crippen LogP contribution in [0.5, 0.6) is 0 Å². The molecule has 0 rings (SSSR count). The van der Waals surface area contributed by atoms with Crippen molar-refractivity contribution in [3.8, 4) is 0 Å². The standard InChI is InChI=1S/C13H24O8/c1-9(2)13(18)21-8-12(17)7-20-6-11(16)5-19-4-10(15)3-14/h10-12,14-17H,1,3-8H2,2H3. The van der Waals surface area contributed by atoms with Crippen LogP contribution in [0.25, 0.3) is 0 Å². The second kappa shape index (κ2) is 11.6. The van der Waals surface area contributed by atoms with E-state index in [1.165, 1.54) is 6.92 Å². The molecule has 8 heteroatoms. The minimum absolute atomic E-state index is 0.0716. The molecule has 0 heterocycles. The van der Waals surface area contributed by atoms with Gasteiger partial charge in [-0.05, 0) is 6.92 Å². The molecule has 0 aliphatic heterocycles. The number of ether oxygens (including phenoxy) is 3. The van der Waals surface area contributed by atoms with Gasteiger partial charge in [0.1, 0.15) is 24.9 Å². The number of rotatable bonds is 12. The maximum Gasteiger partial charge on any atom is 0.333 e. The van der Waals surface area contributed by atoms with E-state index >= 15 is 0 Å². The zero-order chi connectivity index (χ0) is 16.3. The van der Waals surface area contributed by atoms with Crippen LogP contribution in [0, 0.1) is 0 Å². The van der Waals surface area contributed by atoms with Crippen molar-refractivity contribution >= 4 is 5.97 Å². The van der Waals surface area contributed by atoms with Gasteiger partial charge in [0.05, 0.1) is 33.0 Å². The Kier molecular flexibility index (Phi) is 11.0. The number of carbonyl (C=O) groups is 1. The molecule has 0 radical (unpaired) electrons. The zero-order valence-corrected chi connectivity index (χ0v) is 12.1. The molecule has 0 aromatic rings. The molecule has 8 nitrogen and oxygen atoms in total. The lowest BCUT2D eigenvalue weighted by Crippen LogP contribution is -2.29. The predicted octanol–water partition coefficient (Wildman–Crippen LogP) is -1.79. The Bertz CT molecular complexity index is 307. The van der Waals surface area contributed by atoms with Gasteiger partial charge < -0.3 is 34.6 Å². The van der Waals surface area contributed by atoms with E-state index in [0.717, 1.165) is 0 Å². The molecule has 0 amide bonds. The van der Waals surface area contributed by atoms with Gasteiger partial charge in [0.15, 0.2) is 0 Å². The number of carbonyl (C=O) groups excluding carboxylic acids is 1. The Hall–Kier alpha value is -1.03. The summed E-state index contributed by atoms with van der Waals surface area (Å²) in [7, 11) is 0. The van der Waals surface area contributed by atoms with Crippen molar-refractivity contribution in [3.63, 3.8) is 0 Å². The lowest BCUT2D eigenvalue weighted by molar-refractivity contribution is -0.143. The Morgan fingerprint density at radius 2 is 1.38 bits per heavy atom. The van der Waals surface area contributed by atoms with E-state index < -0.39 is 30.9 Å². The number of aliphatic hydroxyl groups is 4. The van der Waals surface area contributed by atoms with Crippen LogP contribution in [-0.4, -0.2) is 84.3 Å². The molecule has 0 aliphatic carbocycles. The van der Waals surface area contributed by atoms with Crippen LogP contribution < -0.4 is 0 Å². The van der Waals surface area contributed by atoms with Crippen molar-refractivity contribution < 1.29 is 39.4 Å². The lowest BCUT2D eigenvalue weighted by atomic mass is 10.3. The van der Waals surface area contributed by atoms with Crippen molar-refractivity contribution in [1.29, 1.82) is 0 Å². The fourth-order valence-corrected chi connectivity index (χ4v) is 1.12. The van der Waals surface area contributed by atoms with Crippen LogP contribution in [0.2, 0.25) is 0 Å². The molecule has 124 valence electrons. The van der Waals surface area contributed by atoms with E-state index in [9.17, 15) is 15.0 Å². The molecule has 0 aromatic heterocycles. The van der Waals surface area contributed by atoms with Gasteiger partial charge in [-0.2, -0.15) is 0 Å². The first-order valence-electron chi connectivity index (χ1n) is 6.50. The van der Waals surface area contributed by atoms with Gasteiger partial charge >= 0.3 is 5.97 Å². The van der Waals surface area contributed by atoms with Gasteiger partial charge in [0, 0.05) is 5.57 Å². The van der Waals surface area contributed by atoms with E-state index in [1.54, 1.807) is 0 Å². The molecule has 3 unspecified atom stereocenters. The number of aliphatic hydroxyl groups excluding tert-OH is 4. The normalized spacial score (nSPS) is 15.3. The van der Waals surface area contributed by atoms with E-state index in [-0.39, 0.29) is 38.6 Å². The van der Waals surface area contributed by atoms with Crippen LogP contribution in [0.3, 0.4) is 0 Å². The van der Waals surface area contributed by atoms with Crippen LogP contribution >= 0.6 is 0 Å². The summed E-state index contributed by atoms with van der Waals surface area (Å²) in [4.78, 5) is 11.1. The number of esters is 1. The van der Waals surface area contributed by atoms with Crippen molar-refractivity contribution in [2.24, 2.45) is 0 Å². The van der Waals surface area contributed by atoms with E-state index in [2.05, 4.69) is 6.58 Å². The van der Waals surface area contributed by atoms with Crippen molar-refractivity contribution in [2.75, 3.05) is 39.6 Å². The van der Waals surface area contributed by atoms with Gasteiger partial charge in [-0.1, -0.05) is 6.58 Å². The summed E-state index contributed by atoms with van der Waals surface area (Å²) in [5.41, 5.74) is 0.237. The molecule has 0 spiro atoms. The first kappa shape index (κ1) is 20.0. The number of hydrogen-bond donors (Lipinski definition) is 4. The van der Waals surface area contributed by atoms with Crippen LogP contribution in [0.4, 0.5) is 0 Å². The zero-order valence-electron chi connectivity index (χ0n) is 12.1. The highest BCUT2D eigenvalue weighted by Gasteiger charge is 2.12. The second-order valence-electron chi connectivity index (χ2n) is 4.60. The smallest absolute Gasteiger partial charge is 0.333 e. The topological polar surface area (TPSA) is 126 Å². The molecular weight excluding hydrogens is 284 g/mol. The number of hydrogen-bond acceptors (Lipinski definition) is 8. The van der Waals surface area contributed by atoms with E-state index in [0.29, 0.717) is 0 Å². The molecule has 4 N–H and O–H groups in total. The summed E-state index contributed by atoms with van der Waals surface area (Å²) in [5, 5.41) is 36.5. The summed E-state index contributed by atoms with van der Waals surface area (Å²) >= 11 is 0. The third kappa shape index (κ3) is 11.3. The Morgan fingerprint density at radius 1 is 0.952 bits per heavy atom. The SMILES string of the molecule is C=C(C)C(=O)OCC(O)COCC(O)COCC(O)CO. The molecule has 0 bridgehead atoms. The summed E-state index contributed by atoms with van der Waals surface area (Å²) in [6.45, 7) is 3.90. The second-order valence-corrected chi connectivity index (χ2v) is 4.60.